The van der Waals surface area contributed by atoms with E-state index in [0.717, 1.165) is 49.9 Å². The summed E-state index contributed by atoms with van der Waals surface area (Å²) in [6.45, 7) is 14.9. The number of piperidine rings is 1. The largest absolute Gasteiger partial charge is 0.444 e. The third kappa shape index (κ3) is 7.80. The number of halogens is 1. The third-order valence-corrected chi connectivity index (χ3v) is 8.52. The van der Waals surface area contributed by atoms with Gasteiger partial charge in [-0.2, -0.15) is 0 Å². The lowest BCUT2D eigenvalue weighted by Crippen LogP contribution is -2.51. The molecule has 1 saturated carbocycles. The van der Waals surface area contributed by atoms with Crippen molar-refractivity contribution in [1.29, 1.82) is 0 Å². The molecular formula is C30H47ClN4O4. The van der Waals surface area contributed by atoms with E-state index in [4.69, 9.17) is 16.3 Å². The molecule has 0 aromatic heterocycles. The van der Waals surface area contributed by atoms with Crippen LogP contribution >= 0.6 is 11.6 Å². The van der Waals surface area contributed by atoms with E-state index in [1.165, 1.54) is 0 Å². The first-order valence-corrected chi connectivity index (χ1v) is 14.7. The SMILES string of the molecule is CCN(c1cc(Cl)cc(C(=O)NCC2C(=O)N(C)C(C)CC2C)c1C)C1CCC(NC(=O)OC(C)(C)C)CC1. The quantitative estimate of drug-likeness (QED) is 0.455. The molecule has 3 unspecified atom stereocenters. The maximum absolute atomic E-state index is 13.3. The highest BCUT2D eigenvalue weighted by Crippen LogP contribution is 2.34. The molecule has 0 spiro atoms. The van der Waals surface area contributed by atoms with Crippen molar-refractivity contribution in [2.75, 3.05) is 25.0 Å². The Kier molecular flexibility index (Phi) is 10.2. The molecular weight excluding hydrogens is 516 g/mol. The Morgan fingerprint density at radius 2 is 1.79 bits per heavy atom. The number of hydrogen-bond acceptors (Lipinski definition) is 5. The lowest BCUT2D eigenvalue weighted by Gasteiger charge is -2.39. The van der Waals surface area contributed by atoms with Crippen LogP contribution in [-0.4, -0.2) is 66.7 Å². The van der Waals surface area contributed by atoms with Crippen LogP contribution in [0.25, 0.3) is 0 Å². The number of hydrogen-bond donors (Lipinski definition) is 2. The zero-order chi connectivity index (χ0) is 29.1. The summed E-state index contributed by atoms with van der Waals surface area (Å²) in [5.41, 5.74) is 1.85. The highest BCUT2D eigenvalue weighted by molar-refractivity contribution is 6.31. The Balaban J connectivity index is 1.68. The van der Waals surface area contributed by atoms with Crippen molar-refractivity contribution in [3.8, 4) is 0 Å². The summed E-state index contributed by atoms with van der Waals surface area (Å²) in [5, 5.41) is 6.54. The number of amides is 3. The first-order chi connectivity index (χ1) is 18.2. The fraction of sp³-hybridized carbons (Fsp3) is 0.700. The van der Waals surface area contributed by atoms with E-state index in [0.29, 0.717) is 17.1 Å². The van der Waals surface area contributed by atoms with E-state index in [2.05, 4.69) is 36.3 Å². The molecule has 218 valence electrons. The molecule has 1 aliphatic heterocycles. The zero-order valence-corrected chi connectivity index (χ0v) is 25.7. The van der Waals surface area contributed by atoms with Gasteiger partial charge in [0.15, 0.2) is 0 Å². The Morgan fingerprint density at radius 1 is 1.15 bits per heavy atom. The molecule has 39 heavy (non-hydrogen) atoms. The molecule has 1 saturated heterocycles. The minimum absolute atomic E-state index is 0.0824. The van der Waals surface area contributed by atoms with Crippen LogP contribution in [0, 0.1) is 18.8 Å². The fourth-order valence-corrected chi connectivity index (χ4v) is 6.21. The number of rotatable bonds is 7. The summed E-state index contributed by atoms with van der Waals surface area (Å²) >= 11 is 6.54. The Bertz CT molecular complexity index is 1050. The molecule has 3 amide bonds. The van der Waals surface area contributed by atoms with Gasteiger partial charge in [-0.15, -0.1) is 0 Å². The standard InChI is InChI=1S/C30H47ClN4O4/c1-9-35(23-12-10-22(11-13-23)33-29(38)39-30(5,6)7)26-16-21(31)15-24(20(26)4)27(36)32-17-25-18(2)14-19(3)34(8)28(25)37/h15-16,18-19,22-23,25H,9-14,17H2,1-8H3,(H,32,36)(H,33,38). The van der Waals surface area contributed by atoms with Gasteiger partial charge < -0.3 is 25.2 Å². The van der Waals surface area contributed by atoms with E-state index in [1.54, 1.807) is 11.0 Å². The van der Waals surface area contributed by atoms with Gasteiger partial charge >= 0.3 is 6.09 Å². The molecule has 1 heterocycles. The van der Waals surface area contributed by atoms with Crippen molar-refractivity contribution in [2.24, 2.45) is 11.8 Å². The monoisotopic (exact) mass is 562 g/mol. The normalized spacial score (nSPS) is 25.7. The summed E-state index contributed by atoms with van der Waals surface area (Å²) in [4.78, 5) is 42.5. The number of anilines is 1. The summed E-state index contributed by atoms with van der Waals surface area (Å²) in [7, 11) is 1.83. The summed E-state index contributed by atoms with van der Waals surface area (Å²) < 4.78 is 5.42. The molecule has 2 aliphatic rings. The number of carbonyl (C=O) groups excluding carboxylic acids is 3. The van der Waals surface area contributed by atoms with Crippen molar-refractivity contribution >= 4 is 35.2 Å². The molecule has 0 radical (unpaired) electrons. The number of ether oxygens (including phenoxy) is 1. The van der Waals surface area contributed by atoms with Crippen molar-refractivity contribution in [3.05, 3.63) is 28.3 Å². The van der Waals surface area contributed by atoms with Crippen LogP contribution in [0.3, 0.4) is 0 Å². The van der Waals surface area contributed by atoms with Crippen molar-refractivity contribution in [2.45, 2.75) is 104 Å². The molecule has 8 nitrogen and oxygen atoms in total. The van der Waals surface area contributed by atoms with Gasteiger partial charge in [0.1, 0.15) is 5.60 Å². The first kappa shape index (κ1) is 31.1. The van der Waals surface area contributed by atoms with Crippen molar-refractivity contribution in [1.82, 2.24) is 15.5 Å². The van der Waals surface area contributed by atoms with Gasteiger partial charge in [0.2, 0.25) is 5.91 Å². The van der Waals surface area contributed by atoms with Gasteiger partial charge in [0.25, 0.3) is 5.91 Å². The molecule has 1 aromatic rings. The van der Waals surface area contributed by atoms with Crippen LogP contribution in [0.2, 0.25) is 5.02 Å². The van der Waals surface area contributed by atoms with Gasteiger partial charge in [-0.25, -0.2) is 4.79 Å². The predicted octanol–water partition coefficient (Wildman–Crippen LogP) is 5.54. The molecule has 2 N–H and O–H groups in total. The van der Waals surface area contributed by atoms with Crippen LogP contribution in [0.5, 0.6) is 0 Å². The predicted molar refractivity (Wildman–Crippen MR) is 156 cm³/mol. The van der Waals surface area contributed by atoms with Crippen molar-refractivity contribution in [3.63, 3.8) is 0 Å². The zero-order valence-electron chi connectivity index (χ0n) is 24.9. The number of benzene rings is 1. The van der Waals surface area contributed by atoms with Crippen LogP contribution in [0.4, 0.5) is 10.5 Å². The molecule has 3 rings (SSSR count). The summed E-state index contributed by atoms with van der Waals surface area (Å²) in [6.07, 6.45) is 4.09. The smallest absolute Gasteiger partial charge is 0.407 e. The number of carbonyl (C=O) groups is 3. The number of nitrogens with one attached hydrogen (secondary N) is 2. The maximum Gasteiger partial charge on any atom is 0.407 e. The van der Waals surface area contributed by atoms with Crippen LogP contribution < -0.4 is 15.5 Å². The van der Waals surface area contributed by atoms with Gasteiger partial charge in [0.05, 0.1) is 5.92 Å². The molecule has 9 heteroatoms. The van der Waals surface area contributed by atoms with E-state index in [-0.39, 0.29) is 47.9 Å². The number of alkyl carbamates (subject to hydrolysis) is 1. The van der Waals surface area contributed by atoms with Crippen LogP contribution in [0.15, 0.2) is 12.1 Å². The Labute approximate surface area is 239 Å². The Hall–Kier alpha value is -2.48. The van der Waals surface area contributed by atoms with E-state index in [1.807, 2.05) is 40.8 Å². The van der Waals surface area contributed by atoms with Gasteiger partial charge in [0, 0.05) is 54.5 Å². The first-order valence-electron chi connectivity index (χ1n) is 14.3. The highest BCUT2D eigenvalue weighted by atomic mass is 35.5. The number of nitrogens with zero attached hydrogens (tertiary/aromatic N) is 2. The molecule has 1 aliphatic carbocycles. The van der Waals surface area contributed by atoms with Gasteiger partial charge in [-0.3, -0.25) is 9.59 Å². The molecule has 1 aromatic carbocycles. The minimum Gasteiger partial charge on any atom is -0.444 e. The summed E-state index contributed by atoms with van der Waals surface area (Å²) in [5.74, 6) is -0.154. The van der Waals surface area contributed by atoms with E-state index in [9.17, 15) is 14.4 Å². The Morgan fingerprint density at radius 3 is 2.38 bits per heavy atom. The molecule has 3 atom stereocenters. The second-order valence-corrected chi connectivity index (χ2v) is 12.8. The van der Waals surface area contributed by atoms with E-state index < -0.39 is 5.60 Å². The number of likely N-dealkylation sites (tertiary alicyclic amines) is 1. The lowest BCUT2D eigenvalue weighted by atomic mass is 9.83. The van der Waals surface area contributed by atoms with Gasteiger partial charge in [-0.05, 0) is 97.3 Å². The highest BCUT2D eigenvalue weighted by Gasteiger charge is 2.36. The van der Waals surface area contributed by atoms with Crippen LogP contribution in [0.1, 0.15) is 89.6 Å². The second kappa shape index (κ2) is 12.8. The van der Waals surface area contributed by atoms with Crippen LogP contribution in [-0.2, 0) is 9.53 Å². The maximum atomic E-state index is 13.3. The third-order valence-electron chi connectivity index (χ3n) is 8.31. The fourth-order valence-electron chi connectivity index (χ4n) is 6.00. The average Bonchev–Trinajstić information content (AvgIpc) is 2.84. The lowest BCUT2D eigenvalue weighted by molar-refractivity contribution is -0.141. The van der Waals surface area contributed by atoms with Gasteiger partial charge in [-0.1, -0.05) is 18.5 Å². The average molecular weight is 563 g/mol. The minimum atomic E-state index is -0.520. The molecule has 2 fully saturated rings. The summed E-state index contributed by atoms with van der Waals surface area (Å²) in [6, 6.07) is 4.22. The second-order valence-electron chi connectivity index (χ2n) is 12.4. The van der Waals surface area contributed by atoms with E-state index >= 15 is 0 Å². The van der Waals surface area contributed by atoms with Crippen molar-refractivity contribution < 1.29 is 19.1 Å². The molecule has 0 bridgehead atoms. The topological polar surface area (TPSA) is 91.0 Å².